The highest BCUT2D eigenvalue weighted by molar-refractivity contribution is 5.79. The Morgan fingerprint density at radius 1 is 1.29 bits per heavy atom. The molecule has 0 heterocycles. The van der Waals surface area contributed by atoms with Crippen LogP contribution in [0, 0.1) is 5.82 Å². The SMILES string of the molecule is CCC(C(=O)O)N(C)CC(=O)N(C)Cc1ccccc1F. The smallest absolute Gasteiger partial charge is 0.320 e. The van der Waals surface area contributed by atoms with Gasteiger partial charge >= 0.3 is 5.97 Å². The Kier molecular flexibility index (Phi) is 6.30. The lowest BCUT2D eigenvalue weighted by Crippen LogP contribution is -2.44. The number of aliphatic carboxylic acids is 1. The lowest BCUT2D eigenvalue weighted by Gasteiger charge is -2.25. The van der Waals surface area contributed by atoms with E-state index in [2.05, 4.69) is 0 Å². The minimum absolute atomic E-state index is 0.0181. The van der Waals surface area contributed by atoms with Crippen molar-refractivity contribution in [3.05, 3.63) is 35.6 Å². The van der Waals surface area contributed by atoms with Gasteiger partial charge in [0.1, 0.15) is 11.9 Å². The number of carboxylic acids is 1. The molecule has 1 unspecified atom stereocenters. The molecule has 1 aromatic carbocycles. The van der Waals surface area contributed by atoms with Gasteiger partial charge in [0.15, 0.2) is 0 Å². The fourth-order valence-corrected chi connectivity index (χ4v) is 2.09. The van der Waals surface area contributed by atoms with Crippen LogP contribution in [0.25, 0.3) is 0 Å². The molecule has 21 heavy (non-hydrogen) atoms. The van der Waals surface area contributed by atoms with Crippen LogP contribution >= 0.6 is 0 Å². The van der Waals surface area contributed by atoms with Gasteiger partial charge in [0.2, 0.25) is 5.91 Å². The molecule has 0 aliphatic carbocycles. The molecule has 0 aliphatic rings. The zero-order valence-corrected chi connectivity index (χ0v) is 12.5. The average molecular weight is 296 g/mol. The highest BCUT2D eigenvalue weighted by Gasteiger charge is 2.23. The van der Waals surface area contributed by atoms with Gasteiger partial charge in [-0.05, 0) is 19.5 Å². The van der Waals surface area contributed by atoms with Crippen LogP contribution in [-0.4, -0.2) is 53.5 Å². The highest BCUT2D eigenvalue weighted by atomic mass is 19.1. The van der Waals surface area contributed by atoms with Crippen molar-refractivity contribution in [2.75, 3.05) is 20.6 Å². The van der Waals surface area contributed by atoms with Crippen LogP contribution in [0.3, 0.4) is 0 Å². The summed E-state index contributed by atoms with van der Waals surface area (Å²) in [6.07, 6.45) is 0.413. The molecule has 5 nitrogen and oxygen atoms in total. The van der Waals surface area contributed by atoms with E-state index in [-0.39, 0.29) is 24.8 Å². The number of hydrogen-bond acceptors (Lipinski definition) is 3. The van der Waals surface area contributed by atoms with E-state index >= 15 is 0 Å². The van der Waals surface area contributed by atoms with Gasteiger partial charge in [-0.25, -0.2) is 4.39 Å². The molecule has 6 heteroatoms. The molecule has 0 saturated heterocycles. The van der Waals surface area contributed by atoms with E-state index < -0.39 is 12.0 Å². The van der Waals surface area contributed by atoms with Crippen LogP contribution in [0.15, 0.2) is 24.3 Å². The maximum Gasteiger partial charge on any atom is 0.320 e. The summed E-state index contributed by atoms with van der Waals surface area (Å²) >= 11 is 0. The van der Waals surface area contributed by atoms with E-state index in [1.54, 1.807) is 39.2 Å². The molecular weight excluding hydrogens is 275 g/mol. The number of hydrogen-bond donors (Lipinski definition) is 1. The summed E-state index contributed by atoms with van der Waals surface area (Å²) in [5.41, 5.74) is 0.432. The Labute approximate surface area is 124 Å². The molecule has 0 aliphatic heterocycles. The number of carboxylic acid groups (broad SMARTS) is 1. The minimum atomic E-state index is -0.954. The lowest BCUT2D eigenvalue weighted by atomic mass is 10.2. The van der Waals surface area contributed by atoms with E-state index in [9.17, 15) is 14.0 Å². The lowest BCUT2D eigenvalue weighted by molar-refractivity contribution is -0.144. The number of carbonyl (C=O) groups excluding carboxylic acids is 1. The third-order valence-electron chi connectivity index (χ3n) is 3.38. The second-order valence-corrected chi connectivity index (χ2v) is 5.02. The molecule has 0 fully saturated rings. The maximum absolute atomic E-state index is 13.5. The van der Waals surface area contributed by atoms with E-state index in [4.69, 9.17) is 5.11 Å². The molecule has 0 spiro atoms. The van der Waals surface area contributed by atoms with E-state index in [1.165, 1.54) is 15.9 Å². The van der Waals surface area contributed by atoms with Crippen LogP contribution < -0.4 is 0 Å². The van der Waals surface area contributed by atoms with Crippen molar-refractivity contribution < 1.29 is 19.1 Å². The summed E-state index contributed by atoms with van der Waals surface area (Å²) in [5.74, 6) is -1.56. The molecule has 1 amide bonds. The van der Waals surface area contributed by atoms with Crippen LogP contribution in [-0.2, 0) is 16.1 Å². The van der Waals surface area contributed by atoms with Crippen LogP contribution in [0.5, 0.6) is 0 Å². The van der Waals surface area contributed by atoms with Gasteiger partial charge in [-0.1, -0.05) is 25.1 Å². The summed E-state index contributed by atoms with van der Waals surface area (Å²) in [5, 5.41) is 9.05. The van der Waals surface area contributed by atoms with Crippen molar-refractivity contribution in [2.45, 2.75) is 25.9 Å². The predicted molar refractivity (Wildman–Crippen MR) is 77.2 cm³/mol. The Bertz CT molecular complexity index is 507. The first-order chi connectivity index (χ1) is 9.86. The topological polar surface area (TPSA) is 60.9 Å². The van der Waals surface area contributed by atoms with E-state index in [0.29, 0.717) is 12.0 Å². The molecule has 1 N–H and O–H groups in total. The van der Waals surface area contributed by atoms with Crippen LogP contribution in [0.1, 0.15) is 18.9 Å². The Morgan fingerprint density at radius 3 is 2.43 bits per heavy atom. The molecule has 0 saturated carbocycles. The van der Waals surface area contributed by atoms with Crippen molar-refractivity contribution in [1.29, 1.82) is 0 Å². The fourth-order valence-electron chi connectivity index (χ4n) is 2.09. The first-order valence-electron chi connectivity index (χ1n) is 6.77. The Morgan fingerprint density at radius 2 is 1.90 bits per heavy atom. The van der Waals surface area contributed by atoms with E-state index in [1.807, 2.05) is 0 Å². The summed E-state index contributed by atoms with van der Waals surface area (Å²) in [4.78, 5) is 26.0. The first-order valence-corrected chi connectivity index (χ1v) is 6.77. The average Bonchev–Trinajstić information content (AvgIpc) is 2.41. The molecule has 116 valence electrons. The van der Waals surface area contributed by atoms with Gasteiger partial charge in [0, 0.05) is 19.2 Å². The molecule has 1 atom stereocenters. The Hall–Kier alpha value is -1.95. The largest absolute Gasteiger partial charge is 0.480 e. The normalized spacial score (nSPS) is 12.2. The summed E-state index contributed by atoms with van der Waals surface area (Å²) in [6, 6.07) is 5.57. The summed E-state index contributed by atoms with van der Waals surface area (Å²) < 4.78 is 13.5. The van der Waals surface area contributed by atoms with Crippen molar-refractivity contribution in [3.63, 3.8) is 0 Å². The highest BCUT2D eigenvalue weighted by Crippen LogP contribution is 2.10. The zero-order chi connectivity index (χ0) is 16.0. The van der Waals surface area contributed by atoms with Crippen LogP contribution in [0.2, 0.25) is 0 Å². The zero-order valence-electron chi connectivity index (χ0n) is 12.5. The van der Waals surface area contributed by atoms with E-state index in [0.717, 1.165) is 0 Å². The predicted octanol–water partition coefficient (Wildman–Crippen LogP) is 1.58. The van der Waals surface area contributed by atoms with Crippen molar-refractivity contribution in [3.8, 4) is 0 Å². The second kappa shape index (κ2) is 7.73. The Balaban J connectivity index is 2.63. The number of nitrogens with zero attached hydrogens (tertiary/aromatic N) is 2. The quantitative estimate of drug-likeness (QED) is 0.830. The van der Waals surface area contributed by atoms with Crippen molar-refractivity contribution >= 4 is 11.9 Å². The summed E-state index contributed by atoms with van der Waals surface area (Å²) in [7, 11) is 3.17. The number of rotatable bonds is 7. The van der Waals surface area contributed by atoms with Gasteiger partial charge in [-0.3, -0.25) is 14.5 Å². The van der Waals surface area contributed by atoms with Crippen molar-refractivity contribution in [2.24, 2.45) is 0 Å². The molecule has 1 aromatic rings. The third-order valence-corrected chi connectivity index (χ3v) is 3.38. The second-order valence-electron chi connectivity index (χ2n) is 5.02. The molecule has 0 radical (unpaired) electrons. The van der Waals surface area contributed by atoms with Crippen molar-refractivity contribution in [1.82, 2.24) is 9.80 Å². The molecule has 1 rings (SSSR count). The number of likely N-dealkylation sites (N-methyl/N-ethyl adjacent to an activating group) is 2. The van der Waals surface area contributed by atoms with Gasteiger partial charge in [0.25, 0.3) is 0 Å². The number of halogens is 1. The van der Waals surface area contributed by atoms with Gasteiger partial charge in [-0.15, -0.1) is 0 Å². The first kappa shape index (κ1) is 17.1. The maximum atomic E-state index is 13.5. The number of benzene rings is 1. The molecule has 0 bridgehead atoms. The van der Waals surface area contributed by atoms with Gasteiger partial charge < -0.3 is 10.0 Å². The minimum Gasteiger partial charge on any atom is -0.480 e. The van der Waals surface area contributed by atoms with Crippen LogP contribution in [0.4, 0.5) is 4.39 Å². The fraction of sp³-hybridized carbons (Fsp3) is 0.467. The molecule has 0 aromatic heterocycles. The monoisotopic (exact) mass is 296 g/mol. The number of carbonyl (C=O) groups is 2. The standard InChI is InChI=1S/C15H21FN2O3/c1-4-13(15(20)21)17(2)10-14(19)18(3)9-11-7-5-6-8-12(11)16/h5-8,13H,4,9-10H2,1-3H3,(H,20,21). The number of amides is 1. The molecular formula is C15H21FN2O3. The van der Waals surface area contributed by atoms with Gasteiger partial charge in [0.05, 0.1) is 6.54 Å². The third kappa shape index (κ3) is 4.82. The van der Waals surface area contributed by atoms with Gasteiger partial charge in [-0.2, -0.15) is 0 Å². The summed E-state index contributed by atoms with van der Waals surface area (Å²) in [6.45, 7) is 1.89.